The lowest BCUT2D eigenvalue weighted by Crippen LogP contribution is -2.35. The van der Waals surface area contributed by atoms with Gasteiger partial charge in [-0.15, -0.1) is 0 Å². The Morgan fingerprint density at radius 1 is 1.00 bits per heavy atom. The summed E-state index contributed by atoms with van der Waals surface area (Å²) in [6.07, 6.45) is 0. The maximum atomic E-state index is 13.4. The third-order valence-corrected chi connectivity index (χ3v) is 7.00. The first kappa shape index (κ1) is 27.0. The smallest absolute Gasteiger partial charge is 0.260 e. The van der Waals surface area contributed by atoms with Gasteiger partial charge in [-0.25, -0.2) is 4.99 Å². The molecule has 1 heterocycles. The number of nitrogens with one attached hydrogen (secondary N) is 2. The van der Waals surface area contributed by atoms with Crippen LogP contribution in [0, 0.1) is 0 Å². The zero-order valence-corrected chi connectivity index (χ0v) is 22.2. The predicted octanol–water partition coefficient (Wildman–Crippen LogP) is 5.33. The molecular weight excluding hydrogens is 524 g/mol. The highest BCUT2D eigenvalue weighted by atomic mass is 35.5. The Morgan fingerprint density at radius 2 is 1.71 bits per heavy atom. The van der Waals surface area contributed by atoms with Crippen LogP contribution in [-0.4, -0.2) is 34.6 Å². The highest BCUT2D eigenvalue weighted by Crippen LogP contribution is 2.37. The van der Waals surface area contributed by atoms with Gasteiger partial charge in [0.15, 0.2) is 5.78 Å². The standard InChI is InChI=1S/C28H25ClN4O4S/c1-3-37-22-14-7-6-13-21(22)32-27-23(26(36)31-20-12-5-4-11-19(20)29)24(30)28(38-27)33-25(35)18-10-8-9-17(15-18)16(2)34/h4-15,28H,3,30H2,1-2H3,(H,31,36)(H,33,35)/t28-/m0/s1. The third kappa shape index (κ3) is 6.07. The molecule has 0 bridgehead atoms. The summed E-state index contributed by atoms with van der Waals surface area (Å²) in [5.41, 5.74) is 8.31. The number of carbonyl (C=O) groups is 3. The fourth-order valence-electron chi connectivity index (χ4n) is 3.67. The number of anilines is 1. The van der Waals surface area contributed by atoms with E-state index < -0.39 is 17.2 Å². The maximum Gasteiger partial charge on any atom is 0.260 e. The first-order valence-electron chi connectivity index (χ1n) is 11.7. The Hall–Kier alpha value is -4.08. The van der Waals surface area contributed by atoms with Gasteiger partial charge in [0.25, 0.3) is 11.8 Å². The molecule has 8 nitrogen and oxygen atoms in total. The van der Waals surface area contributed by atoms with E-state index >= 15 is 0 Å². The van der Waals surface area contributed by atoms with Gasteiger partial charge in [0, 0.05) is 11.1 Å². The second-order valence-corrected chi connectivity index (χ2v) is 9.69. The summed E-state index contributed by atoms with van der Waals surface area (Å²) in [7, 11) is 0. The molecule has 0 saturated heterocycles. The molecule has 0 unspecified atom stereocenters. The third-order valence-electron chi connectivity index (χ3n) is 5.54. The highest BCUT2D eigenvalue weighted by molar-refractivity contribution is 8.15. The normalized spacial score (nSPS) is 15.9. The van der Waals surface area contributed by atoms with Crippen molar-refractivity contribution in [3.8, 4) is 5.75 Å². The summed E-state index contributed by atoms with van der Waals surface area (Å²) in [5, 5.41) is 5.50. The lowest BCUT2D eigenvalue weighted by atomic mass is 10.1. The van der Waals surface area contributed by atoms with Crippen LogP contribution >= 0.6 is 23.4 Å². The average Bonchev–Trinajstić information content (AvgIpc) is 3.20. The van der Waals surface area contributed by atoms with Crippen molar-refractivity contribution >= 4 is 57.4 Å². The van der Waals surface area contributed by atoms with Gasteiger partial charge in [-0.1, -0.05) is 59.8 Å². The molecule has 0 spiro atoms. The molecule has 10 heteroatoms. The number of hydrogen-bond donors (Lipinski definition) is 3. The maximum absolute atomic E-state index is 13.4. The van der Waals surface area contributed by atoms with E-state index in [1.165, 1.54) is 13.0 Å². The summed E-state index contributed by atoms with van der Waals surface area (Å²) in [5.74, 6) is -0.585. The zero-order valence-electron chi connectivity index (χ0n) is 20.7. The van der Waals surface area contributed by atoms with E-state index in [0.29, 0.717) is 44.9 Å². The van der Waals surface area contributed by atoms with Crippen LogP contribution in [0.2, 0.25) is 5.02 Å². The van der Waals surface area contributed by atoms with E-state index in [-0.39, 0.29) is 17.1 Å². The van der Waals surface area contributed by atoms with Gasteiger partial charge in [-0.2, -0.15) is 0 Å². The molecule has 0 aliphatic carbocycles. The first-order valence-corrected chi connectivity index (χ1v) is 13.0. The van der Waals surface area contributed by atoms with Crippen molar-refractivity contribution in [1.29, 1.82) is 0 Å². The molecular formula is C28H25ClN4O4S. The molecule has 0 radical (unpaired) electrons. The summed E-state index contributed by atoms with van der Waals surface area (Å²) in [6, 6.07) is 20.4. The van der Waals surface area contributed by atoms with Gasteiger partial charge in [-0.3, -0.25) is 14.4 Å². The van der Waals surface area contributed by atoms with Crippen molar-refractivity contribution in [2.24, 2.45) is 10.7 Å². The quantitative estimate of drug-likeness (QED) is 0.327. The summed E-state index contributed by atoms with van der Waals surface area (Å²) in [4.78, 5) is 42.9. The minimum absolute atomic E-state index is 0.115. The topological polar surface area (TPSA) is 123 Å². The lowest BCUT2D eigenvalue weighted by molar-refractivity contribution is -0.112. The molecule has 2 amide bonds. The second kappa shape index (κ2) is 12.0. The number of thioether (sulfide) groups is 1. The van der Waals surface area contributed by atoms with Crippen molar-refractivity contribution in [1.82, 2.24) is 5.32 Å². The Balaban J connectivity index is 1.69. The highest BCUT2D eigenvalue weighted by Gasteiger charge is 2.36. The predicted molar refractivity (Wildman–Crippen MR) is 151 cm³/mol. The van der Waals surface area contributed by atoms with E-state index in [0.717, 1.165) is 11.8 Å². The van der Waals surface area contributed by atoms with Crippen LogP contribution in [-0.2, 0) is 4.79 Å². The number of ether oxygens (including phenoxy) is 1. The van der Waals surface area contributed by atoms with E-state index in [1.807, 2.05) is 13.0 Å². The number of benzene rings is 3. The van der Waals surface area contributed by atoms with E-state index in [4.69, 9.17) is 22.1 Å². The monoisotopic (exact) mass is 548 g/mol. The number of hydrogen-bond acceptors (Lipinski definition) is 7. The number of rotatable bonds is 8. The van der Waals surface area contributed by atoms with Gasteiger partial charge in [-0.05, 0) is 50.2 Å². The minimum Gasteiger partial charge on any atom is -0.492 e. The number of para-hydroxylation sites is 3. The minimum atomic E-state index is -0.784. The SMILES string of the molecule is CCOc1ccccc1N=C1S[C@H](NC(=O)c2cccc(C(C)=O)c2)C(N)=C1C(=O)Nc1ccccc1Cl. The molecule has 4 N–H and O–H groups in total. The molecule has 1 aliphatic heterocycles. The van der Waals surface area contributed by atoms with Crippen molar-refractivity contribution in [3.05, 3.63) is 100 Å². The fourth-order valence-corrected chi connectivity index (χ4v) is 4.97. The molecule has 1 atom stereocenters. The van der Waals surface area contributed by atoms with Crippen molar-refractivity contribution in [3.63, 3.8) is 0 Å². The molecule has 0 fully saturated rings. The summed E-state index contributed by atoms with van der Waals surface area (Å²) >= 11 is 7.37. The molecule has 0 saturated carbocycles. The summed E-state index contributed by atoms with van der Waals surface area (Å²) < 4.78 is 5.68. The number of Topliss-reactive ketones (excluding diaryl/α,β-unsaturated/α-hetero) is 1. The lowest BCUT2D eigenvalue weighted by Gasteiger charge is -2.13. The van der Waals surface area contributed by atoms with Gasteiger partial charge >= 0.3 is 0 Å². The molecule has 3 aromatic rings. The van der Waals surface area contributed by atoms with Crippen molar-refractivity contribution in [2.75, 3.05) is 11.9 Å². The van der Waals surface area contributed by atoms with Crippen molar-refractivity contribution < 1.29 is 19.1 Å². The van der Waals surface area contributed by atoms with Gasteiger partial charge in [0.2, 0.25) is 0 Å². The molecule has 38 heavy (non-hydrogen) atoms. The Kier molecular flexibility index (Phi) is 8.50. The molecule has 4 rings (SSSR count). The van der Waals surface area contributed by atoms with Gasteiger partial charge in [0.1, 0.15) is 21.9 Å². The number of halogens is 1. The Bertz CT molecular complexity index is 1470. The average molecular weight is 549 g/mol. The van der Waals surface area contributed by atoms with Crippen LogP contribution in [0.25, 0.3) is 0 Å². The van der Waals surface area contributed by atoms with E-state index in [1.54, 1.807) is 60.7 Å². The first-order chi connectivity index (χ1) is 18.3. The summed E-state index contributed by atoms with van der Waals surface area (Å²) in [6.45, 7) is 3.73. The van der Waals surface area contributed by atoms with Crippen LogP contribution in [0.3, 0.4) is 0 Å². The molecule has 0 aromatic heterocycles. The van der Waals surface area contributed by atoms with Crippen molar-refractivity contribution in [2.45, 2.75) is 19.2 Å². The Morgan fingerprint density at radius 3 is 2.45 bits per heavy atom. The molecule has 1 aliphatic rings. The molecule has 3 aromatic carbocycles. The number of ketones is 1. The van der Waals surface area contributed by atoms with Crippen LogP contribution in [0.15, 0.2) is 89.1 Å². The fraction of sp³-hybridized carbons (Fsp3) is 0.143. The number of aliphatic imine (C=N–C) groups is 1. The second-order valence-electron chi connectivity index (χ2n) is 8.19. The van der Waals surface area contributed by atoms with Crippen LogP contribution in [0.1, 0.15) is 34.6 Å². The van der Waals surface area contributed by atoms with Crippen LogP contribution in [0.4, 0.5) is 11.4 Å². The zero-order chi connectivity index (χ0) is 27.2. The van der Waals surface area contributed by atoms with Crippen LogP contribution in [0.5, 0.6) is 5.75 Å². The van der Waals surface area contributed by atoms with E-state index in [9.17, 15) is 14.4 Å². The van der Waals surface area contributed by atoms with Crippen LogP contribution < -0.4 is 21.1 Å². The van der Waals surface area contributed by atoms with E-state index in [2.05, 4.69) is 15.6 Å². The largest absolute Gasteiger partial charge is 0.492 e. The number of nitrogens with two attached hydrogens (primary N) is 1. The van der Waals surface area contributed by atoms with Gasteiger partial charge < -0.3 is 21.1 Å². The number of amides is 2. The van der Waals surface area contributed by atoms with Gasteiger partial charge in [0.05, 0.1) is 28.6 Å². The Labute approximate surface area is 229 Å². The molecule has 194 valence electrons. The number of carbonyl (C=O) groups excluding carboxylic acids is 3. The number of nitrogens with zero attached hydrogens (tertiary/aromatic N) is 1.